The summed E-state index contributed by atoms with van der Waals surface area (Å²) in [6.45, 7) is 0. The van der Waals surface area contributed by atoms with Crippen molar-refractivity contribution < 1.29 is 14.6 Å². The quantitative estimate of drug-likeness (QED) is 0.119. The number of para-hydroxylation sites is 2. The molecule has 0 radical (unpaired) electrons. The van der Waals surface area contributed by atoms with E-state index in [1.54, 1.807) is 0 Å². The van der Waals surface area contributed by atoms with E-state index in [9.17, 15) is 0 Å². The molecule has 6 aromatic carbocycles. The second kappa shape index (κ2) is 15.1. The summed E-state index contributed by atoms with van der Waals surface area (Å²) in [7, 11) is 2.74. The minimum absolute atomic E-state index is 0.764. The molecule has 0 aromatic heterocycles. The molecule has 0 fully saturated rings. The van der Waals surface area contributed by atoms with Crippen molar-refractivity contribution in [1.82, 2.24) is 0 Å². The van der Waals surface area contributed by atoms with Crippen LogP contribution < -0.4 is 31.8 Å². The van der Waals surface area contributed by atoms with E-state index in [-0.39, 0.29) is 0 Å². The van der Waals surface area contributed by atoms with Crippen LogP contribution in [0.4, 0.5) is 11.4 Å². The second-order valence-corrected chi connectivity index (χ2v) is 13.5. The maximum absolute atomic E-state index is 5.42. The van der Waals surface area contributed by atoms with E-state index in [0.717, 1.165) is 11.4 Å². The van der Waals surface area contributed by atoms with Gasteiger partial charge >= 0.3 is 24.8 Å². The van der Waals surface area contributed by atoms with E-state index in [1.165, 1.54) is 31.8 Å². The molecule has 0 aliphatic heterocycles. The Morgan fingerprint density at radius 3 is 0.878 bits per heavy atom. The van der Waals surface area contributed by atoms with Crippen LogP contribution in [0.1, 0.15) is 0 Å². The molecule has 0 saturated heterocycles. The van der Waals surface area contributed by atoms with E-state index in [1.807, 2.05) is 0 Å². The molecule has 0 aliphatic rings. The largest absolute Gasteiger partial charge is 0.657 e. The summed E-state index contributed by atoms with van der Waals surface area (Å²) >= 11 is 3.35. The van der Waals surface area contributed by atoms with Gasteiger partial charge in [0.05, 0.1) is 0 Å². The SMILES string of the molecule is [Cl][Ni].c1ccc(P(c2ccccc2)c2ccccc2[N-]c2ccccc2P(c2ccccc2)c2ccccc2)cc1. The smallest absolute Gasteiger partial charge is 0.0147 e. The Bertz CT molecular complexity index is 1430. The molecule has 0 heterocycles. The molecule has 6 aromatic rings. The predicted octanol–water partition coefficient (Wildman–Crippen LogP) is 8.23. The van der Waals surface area contributed by atoms with Gasteiger partial charge in [0.2, 0.25) is 0 Å². The Morgan fingerprint density at radius 2 is 0.585 bits per heavy atom. The molecule has 0 unspecified atom stereocenters. The summed E-state index contributed by atoms with van der Waals surface area (Å²) < 4.78 is 0. The van der Waals surface area contributed by atoms with Crippen LogP contribution in [0.5, 0.6) is 0 Å². The molecule has 0 spiro atoms. The summed E-state index contributed by atoms with van der Waals surface area (Å²) in [6.07, 6.45) is 0. The van der Waals surface area contributed by atoms with Crippen LogP contribution in [0.3, 0.4) is 0 Å². The van der Waals surface area contributed by atoms with Crippen LogP contribution in [0.15, 0.2) is 170 Å². The van der Waals surface area contributed by atoms with Gasteiger partial charge in [0, 0.05) is 0 Å². The van der Waals surface area contributed by atoms with Gasteiger partial charge in [-0.1, -0.05) is 170 Å². The first kappa shape index (κ1) is 29.3. The summed E-state index contributed by atoms with van der Waals surface area (Å²) in [6, 6.07) is 60.7. The Morgan fingerprint density at radius 1 is 0.341 bits per heavy atom. The molecule has 6 rings (SSSR count). The topological polar surface area (TPSA) is 14.1 Å². The zero-order valence-electron chi connectivity index (χ0n) is 22.2. The maximum Gasteiger partial charge on any atom is -0.0147 e. The molecule has 0 amide bonds. The average Bonchev–Trinajstić information content (AvgIpc) is 3.06. The van der Waals surface area contributed by atoms with Gasteiger partial charge in [-0.25, -0.2) is 0 Å². The molecule has 41 heavy (non-hydrogen) atoms. The van der Waals surface area contributed by atoms with Crippen LogP contribution in [0.25, 0.3) is 5.32 Å². The Hall–Kier alpha value is -3.24. The average molecular weight is 631 g/mol. The van der Waals surface area contributed by atoms with Gasteiger partial charge in [0.25, 0.3) is 0 Å². The second-order valence-electron chi connectivity index (χ2n) is 9.10. The van der Waals surface area contributed by atoms with Gasteiger partial charge in [0.1, 0.15) is 0 Å². The van der Waals surface area contributed by atoms with Crippen LogP contribution >= 0.6 is 26.0 Å². The first-order chi connectivity index (χ1) is 20.4. The van der Waals surface area contributed by atoms with Gasteiger partial charge in [-0.05, 0) is 47.7 Å². The van der Waals surface area contributed by atoms with Crippen molar-refractivity contribution in [3.05, 3.63) is 175 Å². The van der Waals surface area contributed by atoms with E-state index >= 15 is 0 Å². The number of halogens is 1. The minimum atomic E-state index is -0.764. The third-order valence-electron chi connectivity index (χ3n) is 6.54. The first-order valence-electron chi connectivity index (χ1n) is 13.2. The summed E-state index contributed by atoms with van der Waals surface area (Å²) in [5.74, 6) is 0. The van der Waals surface area contributed by atoms with Gasteiger partial charge in [-0.3, -0.25) is 0 Å². The molecule has 205 valence electrons. The fourth-order valence-electron chi connectivity index (χ4n) is 4.79. The maximum atomic E-state index is 5.42. The Kier molecular flexibility index (Phi) is 10.8. The number of hydrogen-bond donors (Lipinski definition) is 0. The first-order valence-corrected chi connectivity index (χ1v) is 17.2. The Balaban J connectivity index is 0.00000165. The molecule has 0 bridgehead atoms. The molecular weight excluding hydrogens is 602 g/mol. The third kappa shape index (κ3) is 7.16. The zero-order valence-corrected chi connectivity index (χ0v) is 25.7. The Labute approximate surface area is 257 Å². The molecule has 0 saturated carbocycles. The molecule has 5 heteroatoms. The molecule has 1 nitrogen and oxygen atoms in total. The monoisotopic (exact) mass is 629 g/mol. The van der Waals surface area contributed by atoms with Crippen molar-refractivity contribution in [1.29, 1.82) is 0 Å². The van der Waals surface area contributed by atoms with Gasteiger partial charge in [-0.15, -0.1) is 11.4 Å². The van der Waals surface area contributed by atoms with Gasteiger partial charge in [0.15, 0.2) is 0 Å². The van der Waals surface area contributed by atoms with Gasteiger partial charge < -0.3 is 5.32 Å². The molecule has 0 atom stereocenters. The minimum Gasteiger partial charge on any atom is -0.657 e. The van der Waals surface area contributed by atoms with Crippen molar-refractivity contribution in [2.24, 2.45) is 0 Å². The number of hydrogen-bond acceptors (Lipinski definition) is 0. The number of rotatable bonds is 8. The van der Waals surface area contributed by atoms with E-state index in [0.29, 0.717) is 0 Å². The molecule has 0 aliphatic carbocycles. The summed E-state index contributed by atoms with van der Waals surface area (Å²) in [5.41, 5.74) is 2.06. The molecular formula is C36H28ClNNiP2-. The van der Waals surface area contributed by atoms with Crippen molar-refractivity contribution in [3.8, 4) is 0 Å². The van der Waals surface area contributed by atoms with Crippen molar-refractivity contribution in [2.75, 3.05) is 0 Å². The van der Waals surface area contributed by atoms with Crippen molar-refractivity contribution >= 4 is 69.2 Å². The summed E-state index contributed by atoms with van der Waals surface area (Å²) in [5, 5.41) is 13.2. The fourth-order valence-corrected chi connectivity index (χ4v) is 9.56. The van der Waals surface area contributed by atoms with Crippen molar-refractivity contribution in [3.63, 3.8) is 0 Å². The normalized spacial score (nSPS) is 10.7. The zero-order chi connectivity index (χ0) is 28.3. The third-order valence-corrected chi connectivity index (χ3v) is 11.5. The van der Waals surface area contributed by atoms with E-state index in [4.69, 9.17) is 5.32 Å². The van der Waals surface area contributed by atoms with E-state index < -0.39 is 15.8 Å². The summed E-state index contributed by atoms with van der Waals surface area (Å²) in [4.78, 5) is 0. The van der Waals surface area contributed by atoms with Crippen LogP contribution in [-0.2, 0) is 14.6 Å². The van der Waals surface area contributed by atoms with Crippen LogP contribution in [0, 0.1) is 0 Å². The van der Waals surface area contributed by atoms with E-state index in [2.05, 4.69) is 195 Å². The number of nitrogens with zero attached hydrogens (tertiary/aromatic N) is 1. The van der Waals surface area contributed by atoms with Crippen LogP contribution in [-0.4, -0.2) is 0 Å². The predicted molar refractivity (Wildman–Crippen MR) is 179 cm³/mol. The van der Waals surface area contributed by atoms with Crippen LogP contribution in [0.2, 0.25) is 0 Å². The number of benzene rings is 6. The van der Waals surface area contributed by atoms with Gasteiger partial charge in [-0.2, -0.15) is 0 Å². The fraction of sp³-hybridized carbons (Fsp3) is 0. The van der Waals surface area contributed by atoms with Crippen molar-refractivity contribution in [2.45, 2.75) is 0 Å². The standard InChI is InChI=1S/C36H28NP2.ClH.Ni/c1-5-17-29(18-6-1)38(30-19-7-2-8-20-30)35-27-15-13-25-33(35)37-34-26-14-16-28-36(34)39(31-21-9-3-10-22-31)32-23-11-4-12-24-32;;/h1-28H;1H;/q-1;;+1/p-1. The molecule has 0 N–H and O–H groups in total.